The fourth-order valence-corrected chi connectivity index (χ4v) is 7.64. The Labute approximate surface area is 222 Å². The summed E-state index contributed by atoms with van der Waals surface area (Å²) < 4.78 is 20.9. The Bertz CT molecular complexity index is 669. The highest BCUT2D eigenvalue weighted by molar-refractivity contribution is 6.75. The van der Waals surface area contributed by atoms with Crippen LogP contribution in [0.5, 0.6) is 0 Å². The summed E-state index contributed by atoms with van der Waals surface area (Å²) in [6.07, 6.45) is 4.91. The zero-order chi connectivity index (χ0) is 27.7. The monoisotopic (exact) mass is 544 g/mol. The molecule has 0 spiro atoms. The van der Waals surface area contributed by atoms with Crippen molar-refractivity contribution < 1.29 is 18.4 Å². The summed E-state index contributed by atoms with van der Waals surface area (Å²) in [7, 11) is -5.79. The van der Waals surface area contributed by atoms with E-state index in [1.54, 1.807) is 0 Å². The molecule has 1 fully saturated rings. The molecule has 0 bridgehead atoms. The van der Waals surface area contributed by atoms with Gasteiger partial charge in [-0.25, -0.2) is 0 Å². The van der Waals surface area contributed by atoms with Crippen molar-refractivity contribution in [2.24, 2.45) is 5.92 Å². The van der Waals surface area contributed by atoms with Crippen LogP contribution in [0.2, 0.25) is 54.4 Å². The molecule has 35 heavy (non-hydrogen) atoms. The Morgan fingerprint density at radius 1 is 0.714 bits per heavy atom. The molecule has 0 aromatic rings. The molecule has 0 saturated heterocycles. The molecule has 0 aliphatic heterocycles. The van der Waals surface area contributed by atoms with E-state index in [1.165, 1.54) is 5.57 Å². The van der Waals surface area contributed by atoms with Crippen LogP contribution in [-0.2, 0) is 13.3 Å². The molecule has 7 heteroatoms. The van der Waals surface area contributed by atoms with E-state index in [0.717, 1.165) is 25.9 Å². The number of hydrogen-bond donors (Lipinski definition) is 1. The molecule has 208 valence electrons. The molecule has 2 atom stereocenters. The number of aliphatic hydroxyl groups is 1. The third kappa shape index (κ3) is 8.89. The molecule has 1 saturated carbocycles. The smallest absolute Gasteiger partial charge is 0.192 e. The first-order valence-electron chi connectivity index (χ1n) is 13.7. The van der Waals surface area contributed by atoms with Gasteiger partial charge in [0, 0.05) is 12.5 Å². The maximum atomic E-state index is 9.73. The zero-order valence-electron chi connectivity index (χ0n) is 26.0. The predicted octanol–water partition coefficient (Wildman–Crippen LogP) is 8.51. The first-order valence-corrected chi connectivity index (χ1v) is 22.5. The molecular formula is C28H60O4Si3. The van der Waals surface area contributed by atoms with Gasteiger partial charge in [-0.05, 0) is 73.7 Å². The van der Waals surface area contributed by atoms with Crippen LogP contribution in [0.15, 0.2) is 11.6 Å². The molecule has 0 aromatic heterocycles. The van der Waals surface area contributed by atoms with Crippen LogP contribution in [0, 0.1) is 5.92 Å². The van der Waals surface area contributed by atoms with E-state index in [0.29, 0.717) is 5.92 Å². The SMILES string of the molecule is CC(C)(C)[Si](C)(C)OCCC1[C@H](O[Si](C)(C)C(C)(C)C)CC(=CCO)C[C@H]1O[Si](C)(C)C(C)(C)C. The fourth-order valence-electron chi connectivity index (χ4n) is 3.85. The van der Waals surface area contributed by atoms with Gasteiger partial charge in [-0.15, -0.1) is 0 Å². The van der Waals surface area contributed by atoms with E-state index in [1.807, 2.05) is 6.08 Å². The van der Waals surface area contributed by atoms with E-state index in [9.17, 15) is 5.11 Å². The highest BCUT2D eigenvalue weighted by Gasteiger charge is 2.47. The summed E-state index contributed by atoms with van der Waals surface area (Å²) in [6.45, 7) is 35.7. The van der Waals surface area contributed by atoms with Crippen molar-refractivity contribution in [1.29, 1.82) is 0 Å². The summed E-state index contributed by atoms with van der Waals surface area (Å²) in [6, 6.07) is 0. The third-order valence-corrected chi connectivity index (χ3v) is 23.0. The second-order valence-corrected chi connectivity index (χ2v) is 29.7. The van der Waals surface area contributed by atoms with Crippen molar-refractivity contribution in [2.45, 2.75) is 148 Å². The van der Waals surface area contributed by atoms with Crippen LogP contribution < -0.4 is 0 Å². The van der Waals surface area contributed by atoms with Crippen LogP contribution in [0.3, 0.4) is 0 Å². The minimum absolute atomic E-state index is 0.0775. The van der Waals surface area contributed by atoms with E-state index in [4.69, 9.17) is 13.3 Å². The Morgan fingerprint density at radius 3 is 1.40 bits per heavy atom. The summed E-state index contributed by atoms with van der Waals surface area (Å²) in [5, 5.41) is 10.2. The van der Waals surface area contributed by atoms with Crippen LogP contribution in [0.4, 0.5) is 0 Å². The Kier molecular flexibility index (Phi) is 11.0. The molecule has 0 unspecified atom stereocenters. The first kappa shape index (κ1) is 33.3. The summed E-state index contributed by atoms with van der Waals surface area (Å²) in [5.74, 6) is 0.291. The second-order valence-electron chi connectivity index (χ2n) is 15.3. The molecule has 0 aromatic carbocycles. The first-order chi connectivity index (χ1) is 15.5. The Balaban J connectivity index is 3.36. The van der Waals surface area contributed by atoms with Crippen molar-refractivity contribution in [3.8, 4) is 0 Å². The van der Waals surface area contributed by atoms with E-state index >= 15 is 0 Å². The molecular weight excluding hydrogens is 485 g/mol. The standard InChI is InChI=1S/C28H60O4Si3/c1-26(2,3)33(10,11)30-19-17-23-24(31-34(12,13)27(4,5)6)20-22(16-18-29)21-25(23)32-35(14,15)28(7,8)9/h16,23-25,29H,17-21H2,1-15H3/t23?,24-,25-/m1/s1. The number of rotatable bonds is 9. The number of hydrogen-bond acceptors (Lipinski definition) is 4. The van der Waals surface area contributed by atoms with E-state index in [-0.39, 0.29) is 33.9 Å². The van der Waals surface area contributed by atoms with Gasteiger partial charge < -0.3 is 18.4 Å². The van der Waals surface area contributed by atoms with Gasteiger partial charge in [-0.3, -0.25) is 0 Å². The van der Waals surface area contributed by atoms with Crippen molar-refractivity contribution in [3.05, 3.63) is 11.6 Å². The largest absolute Gasteiger partial charge is 0.417 e. The van der Waals surface area contributed by atoms with E-state index in [2.05, 4.69) is 102 Å². The zero-order valence-corrected chi connectivity index (χ0v) is 29.0. The molecule has 1 aliphatic carbocycles. The minimum atomic E-state index is -1.98. The molecule has 1 N–H and O–H groups in total. The van der Waals surface area contributed by atoms with Crippen LogP contribution in [0.25, 0.3) is 0 Å². The van der Waals surface area contributed by atoms with Gasteiger partial charge in [-0.1, -0.05) is 74.0 Å². The summed E-state index contributed by atoms with van der Waals surface area (Å²) in [5.41, 5.74) is 1.28. The molecule has 0 radical (unpaired) electrons. The van der Waals surface area contributed by atoms with Crippen LogP contribution in [-0.4, -0.2) is 55.5 Å². The van der Waals surface area contributed by atoms with Crippen LogP contribution >= 0.6 is 0 Å². The van der Waals surface area contributed by atoms with E-state index < -0.39 is 25.0 Å². The third-order valence-electron chi connectivity index (χ3n) is 9.49. The molecule has 1 aliphatic rings. The lowest BCUT2D eigenvalue weighted by Gasteiger charge is -2.49. The highest BCUT2D eigenvalue weighted by atomic mass is 28.4. The van der Waals surface area contributed by atoms with Crippen molar-refractivity contribution >= 4 is 25.0 Å². The summed E-state index contributed by atoms with van der Waals surface area (Å²) >= 11 is 0. The van der Waals surface area contributed by atoms with Gasteiger partial charge >= 0.3 is 0 Å². The quantitative estimate of drug-likeness (QED) is 0.233. The lowest BCUT2D eigenvalue weighted by molar-refractivity contribution is -0.00341. The topological polar surface area (TPSA) is 47.9 Å². The molecule has 4 nitrogen and oxygen atoms in total. The second kappa shape index (κ2) is 11.5. The Morgan fingerprint density at radius 2 is 1.09 bits per heavy atom. The average molecular weight is 545 g/mol. The van der Waals surface area contributed by atoms with Crippen LogP contribution in [0.1, 0.15) is 81.6 Å². The van der Waals surface area contributed by atoms with Gasteiger partial charge in [0.15, 0.2) is 25.0 Å². The normalized spacial score (nSPS) is 23.5. The van der Waals surface area contributed by atoms with Gasteiger partial charge in [0.1, 0.15) is 0 Å². The van der Waals surface area contributed by atoms with Crippen molar-refractivity contribution in [3.63, 3.8) is 0 Å². The van der Waals surface area contributed by atoms with Gasteiger partial charge in [0.25, 0.3) is 0 Å². The van der Waals surface area contributed by atoms with Crippen molar-refractivity contribution in [1.82, 2.24) is 0 Å². The van der Waals surface area contributed by atoms with Gasteiger partial charge in [0.2, 0.25) is 0 Å². The average Bonchev–Trinajstić information content (AvgIpc) is 2.60. The van der Waals surface area contributed by atoms with Crippen molar-refractivity contribution in [2.75, 3.05) is 13.2 Å². The lowest BCUT2D eigenvalue weighted by atomic mass is 9.79. The fraction of sp³-hybridized carbons (Fsp3) is 0.929. The maximum absolute atomic E-state index is 9.73. The maximum Gasteiger partial charge on any atom is 0.192 e. The van der Waals surface area contributed by atoms with Gasteiger partial charge in [-0.2, -0.15) is 0 Å². The number of aliphatic hydroxyl groups excluding tert-OH is 1. The van der Waals surface area contributed by atoms with Gasteiger partial charge in [0.05, 0.1) is 18.8 Å². The molecule has 0 amide bonds. The molecule has 0 heterocycles. The predicted molar refractivity (Wildman–Crippen MR) is 160 cm³/mol. The Hall–Kier alpha value is 0.231. The highest BCUT2D eigenvalue weighted by Crippen LogP contribution is 2.46. The summed E-state index contributed by atoms with van der Waals surface area (Å²) in [4.78, 5) is 0. The minimum Gasteiger partial charge on any atom is -0.417 e. The lowest BCUT2D eigenvalue weighted by Crippen LogP contribution is -2.53. The molecule has 1 rings (SSSR count).